The molecule has 1 fully saturated rings. The van der Waals surface area contributed by atoms with Crippen molar-refractivity contribution in [2.24, 2.45) is 0 Å². The van der Waals surface area contributed by atoms with Gasteiger partial charge in [-0.15, -0.1) is 0 Å². The van der Waals surface area contributed by atoms with E-state index < -0.39 is 30.2 Å². The predicted molar refractivity (Wildman–Crippen MR) is 48.8 cm³/mol. The smallest absolute Gasteiger partial charge is 0.186 e. The lowest BCUT2D eigenvalue weighted by molar-refractivity contribution is -0.320. The molecule has 1 aliphatic rings. The molecule has 5 nitrogen and oxygen atoms in total. The van der Waals surface area contributed by atoms with Crippen LogP contribution in [0, 0.1) is 0 Å². The van der Waals surface area contributed by atoms with Crippen molar-refractivity contribution in [2.75, 3.05) is 14.2 Å². The third-order valence-corrected chi connectivity index (χ3v) is 2.53. The highest BCUT2D eigenvalue weighted by Gasteiger charge is 2.49. The number of hydrogen-bond acceptors (Lipinski definition) is 5. The normalized spacial score (nSPS) is 42.4. The zero-order chi connectivity index (χ0) is 10.9. The molecule has 0 aromatic rings. The van der Waals surface area contributed by atoms with Crippen LogP contribution >= 0.6 is 0 Å². The Hall–Kier alpha value is -0.200. The van der Waals surface area contributed by atoms with Gasteiger partial charge in [-0.2, -0.15) is 0 Å². The summed E-state index contributed by atoms with van der Waals surface area (Å²) in [7, 11) is 2.89. The van der Waals surface area contributed by atoms with Crippen LogP contribution in [0.25, 0.3) is 0 Å². The summed E-state index contributed by atoms with van der Waals surface area (Å²) < 4.78 is 15.5. The summed E-state index contributed by atoms with van der Waals surface area (Å²) in [6.07, 6.45) is -3.47. The van der Waals surface area contributed by atoms with E-state index in [1.54, 1.807) is 13.8 Å². The minimum Gasteiger partial charge on any atom is -0.387 e. The highest BCUT2D eigenvalue weighted by atomic mass is 16.7. The summed E-state index contributed by atoms with van der Waals surface area (Å²) in [5, 5.41) is 19.3. The Bertz CT molecular complexity index is 194. The molecule has 0 radical (unpaired) electrons. The molecule has 5 heteroatoms. The molecule has 2 N–H and O–H groups in total. The minimum absolute atomic E-state index is 0.566. The van der Waals surface area contributed by atoms with Gasteiger partial charge in [-0.05, 0) is 13.8 Å². The Morgan fingerprint density at radius 1 is 1.07 bits per heavy atom. The van der Waals surface area contributed by atoms with Gasteiger partial charge in [-0.25, -0.2) is 0 Å². The van der Waals surface area contributed by atoms with Crippen LogP contribution < -0.4 is 0 Å². The fraction of sp³-hybridized carbons (Fsp3) is 1.00. The van der Waals surface area contributed by atoms with E-state index in [0.717, 1.165) is 0 Å². The lowest BCUT2D eigenvalue weighted by Gasteiger charge is -2.46. The van der Waals surface area contributed by atoms with Gasteiger partial charge in [0.2, 0.25) is 0 Å². The Morgan fingerprint density at radius 3 is 2.07 bits per heavy atom. The van der Waals surface area contributed by atoms with Gasteiger partial charge in [0.1, 0.15) is 18.3 Å². The quantitative estimate of drug-likeness (QED) is 0.638. The molecule has 1 rings (SSSR count). The molecule has 0 amide bonds. The van der Waals surface area contributed by atoms with E-state index in [1.165, 1.54) is 14.2 Å². The van der Waals surface area contributed by atoms with E-state index in [9.17, 15) is 10.2 Å². The molecular weight excluding hydrogens is 188 g/mol. The first-order chi connectivity index (χ1) is 6.44. The van der Waals surface area contributed by atoms with Crippen LogP contribution in [0.4, 0.5) is 0 Å². The number of methoxy groups -OCH3 is 2. The Balaban J connectivity index is 2.83. The largest absolute Gasteiger partial charge is 0.387 e. The molecule has 0 aliphatic carbocycles. The molecule has 0 aromatic heterocycles. The van der Waals surface area contributed by atoms with Crippen LogP contribution in [0.15, 0.2) is 0 Å². The van der Waals surface area contributed by atoms with E-state index in [2.05, 4.69) is 0 Å². The van der Waals surface area contributed by atoms with Gasteiger partial charge in [0.15, 0.2) is 6.29 Å². The summed E-state index contributed by atoms with van der Waals surface area (Å²) in [6.45, 7) is 3.56. The van der Waals surface area contributed by atoms with Crippen molar-refractivity contribution in [3.8, 4) is 0 Å². The van der Waals surface area contributed by atoms with Crippen LogP contribution in [0.1, 0.15) is 13.8 Å². The zero-order valence-corrected chi connectivity index (χ0v) is 8.93. The van der Waals surface area contributed by atoms with Crippen LogP contribution in [0.3, 0.4) is 0 Å². The summed E-state index contributed by atoms with van der Waals surface area (Å²) in [5.74, 6) is 0. The van der Waals surface area contributed by atoms with Crippen LogP contribution in [0.2, 0.25) is 0 Å². The number of aliphatic hydroxyl groups excluding tert-OH is 2. The molecule has 1 heterocycles. The molecule has 14 heavy (non-hydrogen) atoms. The van der Waals surface area contributed by atoms with Crippen molar-refractivity contribution in [1.29, 1.82) is 0 Å². The van der Waals surface area contributed by atoms with Gasteiger partial charge in [0.05, 0.1) is 5.60 Å². The number of ether oxygens (including phenoxy) is 3. The molecule has 0 aromatic carbocycles. The van der Waals surface area contributed by atoms with Crippen LogP contribution in [0.5, 0.6) is 0 Å². The van der Waals surface area contributed by atoms with Crippen molar-refractivity contribution >= 4 is 0 Å². The lowest BCUT2D eigenvalue weighted by atomic mass is 9.90. The van der Waals surface area contributed by atoms with Crippen LogP contribution in [-0.4, -0.2) is 54.6 Å². The van der Waals surface area contributed by atoms with Gasteiger partial charge in [-0.3, -0.25) is 0 Å². The first-order valence-electron chi connectivity index (χ1n) is 4.53. The lowest BCUT2D eigenvalue weighted by Crippen LogP contribution is -2.62. The maximum atomic E-state index is 9.74. The third-order valence-electron chi connectivity index (χ3n) is 2.53. The maximum Gasteiger partial charge on any atom is 0.186 e. The van der Waals surface area contributed by atoms with E-state index >= 15 is 0 Å². The van der Waals surface area contributed by atoms with Gasteiger partial charge in [-0.1, -0.05) is 0 Å². The van der Waals surface area contributed by atoms with Crippen molar-refractivity contribution in [2.45, 2.75) is 44.1 Å². The van der Waals surface area contributed by atoms with Gasteiger partial charge >= 0.3 is 0 Å². The maximum absolute atomic E-state index is 9.74. The molecule has 0 bridgehead atoms. The van der Waals surface area contributed by atoms with Gasteiger partial charge < -0.3 is 24.4 Å². The molecular formula is C9H18O5. The SMILES string of the molecule is COC1OC(C)(C)[C@H](OC)[C@@H](O)[C@@H]1O. The zero-order valence-electron chi connectivity index (χ0n) is 8.93. The van der Waals surface area contributed by atoms with Crippen molar-refractivity contribution in [3.05, 3.63) is 0 Å². The molecule has 0 spiro atoms. The second-order valence-electron chi connectivity index (χ2n) is 3.96. The number of rotatable bonds is 2. The summed E-state index contributed by atoms with van der Waals surface area (Å²) in [4.78, 5) is 0. The first-order valence-corrected chi connectivity index (χ1v) is 4.53. The average molecular weight is 206 g/mol. The summed E-state index contributed by atoms with van der Waals surface area (Å²) in [5.41, 5.74) is -0.686. The van der Waals surface area contributed by atoms with Crippen molar-refractivity contribution in [3.63, 3.8) is 0 Å². The topological polar surface area (TPSA) is 68.2 Å². The molecule has 1 aliphatic heterocycles. The predicted octanol–water partition coefficient (Wildman–Crippen LogP) is -0.496. The summed E-state index contributed by atoms with van der Waals surface area (Å²) in [6, 6.07) is 0. The van der Waals surface area contributed by atoms with Crippen molar-refractivity contribution in [1.82, 2.24) is 0 Å². The highest BCUT2D eigenvalue weighted by Crippen LogP contribution is 2.31. The molecule has 1 unspecified atom stereocenters. The Labute approximate surface area is 83.6 Å². The average Bonchev–Trinajstić information content (AvgIpc) is 2.12. The molecule has 84 valence electrons. The Kier molecular flexibility index (Phi) is 3.49. The molecule has 4 atom stereocenters. The first kappa shape index (κ1) is 11.9. The van der Waals surface area contributed by atoms with E-state index in [1.807, 2.05) is 0 Å². The fourth-order valence-corrected chi connectivity index (χ4v) is 1.80. The second kappa shape index (κ2) is 4.12. The monoisotopic (exact) mass is 206 g/mol. The van der Waals surface area contributed by atoms with Gasteiger partial charge in [0.25, 0.3) is 0 Å². The van der Waals surface area contributed by atoms with Crippen LogP contribution in [-0.2, 0) is 14.2 Å². The van der Waals surface area contributed by atoms with Crippen molar-refractivity contribution < 1.29 is 24.4 Å². The molecule has 0 saturated carbocycles. The number of hydrogen-bond donors (Lipinski definition) is 2. The molecule has 1 saturated heterocycles. The highest BCUT2D eigenvalue weighted by molar-refractivity contribution is 4.95. The summed E-state index contributed by atoms with van der Waals surface area (Å²) >= 11 is 0. The number of aliphatic hydroxyl groups is 2. The minimum atomic E-state index is -1.09. The third kappa shape index (κ3) is 1.92. The second-order valence-corrected chi connectivity index (χ2v) is 3.96. The van der Waals surface area contributed by atoms with E-state index in [0.29, 0.717) is 0 Å². The standard InChI is InChI=1S/C9H18O5/c1-9(2)7(12-3)5(10)6(11)8(13-4)14-9/h5-8,10-11H,1-4H3/t5-,6-,7+,8?/m0/s1. The Morgan fingerprint density at radius 2 is 1.64 bits per heavy atom. The van der Waals surface area contributed by atoms with Gasteiger partial charge in [0, 0.05) is 14.2 Å². The van der Waals surface area contributed by atoms with E-state index in [-0.39, 0.29) is 0 Å². The fourth-order valence-electron chi connectivity index (χ4n) is 1.80. The van der Waals surface area contributed by atoms with E-state index in [4.69, 9.17) is 14.2 Å².